The first-order valence-electron chi connectivity index (χ1n) is 7.57. The first kappa shape index (κ1) is 15.6. The van der Waals surface area contributed by atoms with E-state index in [0.717, 1.165) is 17.1 Å². The molecule has 0 N–H and O–H groups in total. The molecule has 0 aliphatic heterocycles. The van der Waals surface area contributed by atoms with Gasteiger partial charge in [-0.1, -0.05) is 6.07 Å². The number of aromatic nitrogens is 3. The lowest BCUT2D eigenvalue weighted by molar-refractivity contribution is 0.0977. The topological polar surface area (TPSA) is 71.6 Å². The number of pyridine rings is 2. The van der Waals surface area contributed by atoms with Crippen LogP contribution in [0.5, 0.6) is 0 Å². The molecular weight excluding hydrogens is 300 g/mol. The van der Waals surface area contributed by atoms with Crippen LogP contribution in [0.3, 0.4) is 0 Å². The van der Waals surface area contributed by atoms with Crippen LogP contribution in [-0.2, 0) is 0 Å². The second-order valence-electron chi connectivity index (χ2n) is 5.51. The minimum absolute atomic E-state index is 0.237. The van der Waals surface area contributed by atoms with Crippen molar-refractivity contribution in [1.29, 1.82) is 5.26 Å². The van der Waals surface area contributed by atoms with E-state index in [4.69, 9.17) is 0 Å². The first-order chi connectivity index (χ1) is 11.6. The van der Waals surface area contributed by atoms with Gasteiger partial charge >= 0.3 is 0 Å². The van der Waals surface area contributed by atoms with Gasteiger partial charge in [0.05, 0.1) is 23.6 Å². The van der Waals surface area contributed by atoms with Gasteiger partial charge in [-0.05, 0) is 44.2 Å². The fourth-order valence-corrected chi connectivity index (χ4v) is 2.86. The van der Waals surface area contributed by atoms with Crippen LogP contribution >= 0.6 is 0 Å². The summed E-state index contributed by atoms with van der Waals surface area (Å²) in [6.45, 7) is 3.80. The third-order valence-electron chi connectivity index (χ3n) is 3.98. The van der Waals surface area contributed by atoms with Gasteiger partial charge in [-0.2, -0.15) is 5.26 Å². The van der Waals surface area contributed by atoms with Gasteiger partial charge < -0.3 is 4.57 Å². The van der Waals surface area contributed by atoms with Crippen molar-refractivity contribution in [1.82, 2.24) is 14.5 Å². The molecule has 0 fully saturated rings. The Labute approximate surface area is 140 Å². The molecule has 1 unspecified atom stereocenters. The number of nitriles is 1. The number of carbonyl (C=O) groups excluding carboxylic acids is 1. The van der Waals surface area contributed by atoms with Crippen molar-refractivity contribution >= 4 is 5.78 Å². The molecule has 5 nitrogen and oxygen atoms in total. The molecule has 24 heavy (non-hydrogen) atoms. The normalized spacial score (nSPS) is 11.7. The van der Waals surface area contributed by atoms with E-state index in [2.05, 4.69) is 16.0 Å². The van der Waals surface area contributed by atoms with Gasteiger partial charge in [0.15, 0.2) is 11.7 Å². The van der Waals surface area contributed by atoms with Gasteiger partial charge in [0, 0.05) is 29.3 Å². The highest BCUT2D eigenvalue weighted by Gasteiger charge is 2.26. The molecule has 0 saturated carbocycles. The Hall–Kier alpha value is -3.26. The van der Waals surface area contributed by atoms with Crippen LogP contribution in [0.1, 0.15) is 33.4 Å². The second kappa shape index (κ2) is 6.47. The van der Waals surface area contributed by atoms with E-state index in [0.29, 0.717) is 11.3 Å². The summed E-state index contributed by atoms with van der Waals surface area (Å²) in [4.78, 5) is 21.2. The molecule has 0 bridgehead atoms. The predicted molar refractivity (Wildman–Crippen MR) is 90.0 cm³/mol. The van der Waals surface area contributed by atoms with Crippen molar-refractivity contribution in [2.45, 2.75) is 19.8 Å². The van der Waals surface area contributed by atoms with E-state index in [-0.39, 0.29) is 5.78 Å². The number of carbonyl (C=O) groups is 1. The van der Waals surface area contributed by atoms with Gasteiger partial charge in [-0.15, -0.1) is 0 Å². The number of hydrogen-bond donors (Lipinski definition) is 0. The number of nitrogens with zero attached hydrogens (tertiary/aromatic N) is 4. The van der Waals surface area contributed by atoms with Crippen LogP contribution in [0.15, 0.2) is 55.0 Å². The zero-order valence-electron chi connectivity index (χ0n) is 13.5. The van der Waals surface area contributed by atoms with Gasteiger partial charge in [0.2, 0.25) is 0 Å². The van der Waals surface area contributed by atoms with E-state index in [1.165, 1.54) is 0 Å². The van der Waals surface area contributed by atoms with Gasteiger partial charge in [0.25, 0.3) is 0 Å². The summed E-state index contributed by atoms with van der Waals surface area (Å²) in [5, 5.41) is 9.47. The van der Waals surface area contributed by atoms with Crippen molar-refractivity contribution in [2.24, 2.45) is 0 Å². The Balaban J connectivity index is 2.05. The zero-order chi connectivity index (χ0) is 17.1. The van der Waals surface area contributed by atoms with Crippen LogP contribution in [0, 0.1) is 25.2 Å². The Bertz CT molecular complexity index is 908. The van der Waals surface area contributed by atoms with Crippen LogP contribution in [0.4, 0.5) is 0 Å². The molecule has 3 rings (SSSR count). The van der Waals surface area contributed by atoms with Crippen molar-refractivity contribution in [3.63, 3.8) is 0 Å². The molecule has 0 radical (unpaired) electrons. The highest BCUT2D eigenvalue weighted by molar-refractivity contribution is 6.03. The Morgan fingerprint density at radius 1 is 1.21 bits per heavy atom. The third kappa shape index (κ3) is 2.70. The maximum Gasteiger partial charge on any atom is 0.187 e. The molecule has 0 spiro atoms. The van der Waals surface area contributed by atoms with Gasteiger partial charge in [-0.25, -0.2) is 0 Å². The summed E-state index contributed by atoms with van der Waals surface area (Å²) in [6.07, 6.45) is 5.04. The molecule has 0 amide bonds. The minimum Gasteiger partial charge on any atom is -0.316 e. The first-order valence-corrected chi connectivity index (χ1v) is 7.57. The van der Waals surface area contributed by atoms with Crippen LogP contribution in [0.25, 0.3) is 5.69 Å². The molecule has 0 aliphatic rings. The molecule has 3 aromatic rings. The molecule has 5 heteroatoms. The number of Topliss-reactive ketones (excluding diaryl/α,β-unsaturated/α-hetero) is 1. The Morgan fingerprint density at radius 2 is 2.04 bits per heavy atom. The summed E-state index contributed by atoms with van der Waals surface area (Å²) in [5.74, 6) is -1.14. The van der Waals surface area contributed by atoms with Crippen molar-refractivity contribution in [3.8, 4) is 11.8 Å². The quantitative estimate of drug-likeness (QED) is 0.692. The highest BCUT2D eigenvalue weighted by atomic mass is 16.1. The maximum atomic E-state index is 12.9. The molecule has 0 saturated heterocycles. The van der Waals surface area contributed by atoms with Crippen molar-refractivity contribution in [3.05, 3.63) is 77.6 Å². The maximum absolute atomic E-state index is 12.9. The van der Waals surface area contributed by atoms with Gasteiger partial charge in [0.1, 0.15) is 0 Å². The van der Waals surface area contributed by atoms with E-state index >= 15 is 0 Å². The summed E-state index contributed by atoms with van der Waals surface area (Å²) in [7, 11) is 0. The van der Waals surface area contributed by atoms with Crippen LogP contribution < -0.4 is 0 Å². The average Bonchev–Trinajstić information content (AvgIpc) is 2.91. The Morgan fingerprint density at radius 3 is 2.67 bits per heavy atom. The monoisotopic (exact) mass is 316 g/mol. The lowest BCUT2D eigenvalue weighted by atomic mass is 9.95. The molecule has 0 aromatic carbocycles. The van der Waals surface area contributed by atoms with Crippen LogP contribution in [-0.4, -0.2) is 20.3 Å². The minimum atomic E-state index is -0.908. The number of aryl methyl sites for hydroxylation is 1. The predicted octanol–water partition coefficient (Wildman–Crippen LogP) is 3.37. The standard InChI is InChI=1S/C19H16N4O/c1-13-10-16(14(2)23(13)15-6-5-8-21-12-15)19(24)17(11-20)18-7-3-4-9-22-18/h3-10,12,17H,1-2H3. The summed E-state index contributed by atoms with van der Waals surface area (Å²) < 4.78 is 1.97. The number of hydrogen-bond acceptors (Lipinski definition) is 4. The summed E-state index contributed by atoms with van der Waals surface area (Å²) in [5.41, 5.74) is 3.60. The van der Waals surface area contributed by atoms with Crippen molar-refractivity contribution in [2.75, 3.05) is 0 Å². The van der Waals surface area contributed by atoms with E-state index in [1.807, 2.05) is 36.6 Å². The largest absolute Gasteiger partial charge is 0.316 e. The fourth-order valence-electron chi connectivity index (χ4n) is 2.86. The van der Waals surface area contributed by atoms with E-state index in [1.54, 1.807) is 36.8 Å². The molecule has 118 valence electrons. The van der Waals surface area contributed by atoms with Crippen LogP contribution in [0.2, 0.25) is 0 Å². The second-order valence-corrected chi connectivity index (χ2v) is 5.51. The zero-order valence-corrected chi connectivity index (χ0v) is 13.5. The smallest absolute Gasteiger partial charge is 0.187 e. The highest BCUT2D eigenvalue weighted by Crippen LogP contribution is 2.25. The molecular formula is C19H16N4O. The number of rotatable bonds is 4. The Kier molecular flexibility index (Phi) is 4.21. The molecule has 3 aromatic heterocycles. The SMILES string of the molecule is Cc1cc(C(=O)C(C#N)c2ccccn2)c(C)n1-c1cccnc1. The molecule has 1 atom stereocenters. The molecule has 3 heterocycles. The summed E-state index contributed by atoms with van der Waals surface area (Å²) in [6, 6.07) is 12.9. The lowest BCUT2D eigenvalue weighted by Gasteiger charge is -2.10. The third-order valence-corrected chi connectivity index (χ3v) is 3.98. The van der Waals surface area contributed by atoms with E-state index < -0.39 is 5.92 Å². The average molecular weight is 316 g/mol. The fraction of sp³-hybridized carbons (Fsp3) is 0.158. The van der Waals surface area contributed by atoms with Gasteiger partial charge in [-0.3, -0.25) is 14.8 Å². The van der Waals surface area contributed by atoms with Crippen molar-refractivity contribution < 1.29 is 4.79 Å². The van der Waals surface area contributed by atoms with E-state index in [9.17, 15) is 10.1 Å². The summed E-state index contributed by atoms with van der Waals surface area (Å²) >= 11 is 0. The lowest BCUT2D eigenvalue weighted by Crippen LogP contribution is -2.13. The molecule has 0 aliphatic carbocycles. The number of ketones is 1.